The summed E-state index contributed by atoms with van der Waals surface area (Å²) in [5.74, 6) is -0.0490. The molecule has 0 heterocycles. The van der Waals surface area contributed by atoms with Crippen molar-refractivity contribution in [1.29, 1.82) is 0 Å². The predicted molar refractivity (Wildman–Crippen MR) is 71.8 cm³/mol. The van der Waals surface area contributed by atoms with Crippen LogP contribution < -0.4 is 4.31 Å². The van der Waals surface area contributed by atoms with Crippen molar-refractivity contribution in [3.05, 3.63) is 48.5 Å². The van der Waals surface area contributed by atoms with Crippen molar-refractivity contribution in [3.8, 4) is 11.5 Å². The number of anilines is 1. The Hall–Kier alpha value is -2.21. The molecule has 0 aromatic heterocycles. The average Bonchev–Trinajstić information content (AvgIpc) is 2.39. The Kier molecular flexibility index (Phi) is 3.35. The topological polar surface area (TPSA) is 77.8 Å². The van der Waals surface area contributed by atoms with Crippen LogP contribution in [0, 0.1) is 0 Å². The third-order valence-electron chi connectivity index (χ3n) is 2.69. The van der Waals surface area contributed by atoms with Gasteiger partial charge < -0.3 is 10.2 Å². The van der Waals surface area contributed by atoms with Crippen LogP contribution in [-0.4, -0.2) is 25.7 Å². The minimum atomic E-state index is -3.74. The number of hydrogen-bond acceptors (Lipinski definition) is 4. The molecule has 100 valence electrons. The fraction of sp³-hybridized carbons (Fsp3) is 0.0769. The van der Waals surface area contributed by atoms with Gasteiger partial charge in [0.2, 0.25) is 0 Å². The minimum absolute atomic E-state index is 0.00285. The summed E-state index contributed by atoms with van der Waals surface area (Å²) in [7, 11) is -2.33. The molecule has 0 spiro atoms. The van der Waals surface area contributed by atoms with Crippen LogP contribution in [0.1, 0.15) is 0 Å². The minimum Gasteiger partial charge on any atom is -0.508 e. The van der Waals surface area contributed by atoms with E-state index in [9.17, 15) is 18.6 Å². The Bertz CT molecular complexity index is 680. The molecule has 0 unspecified atom stereocenters. The second-order valence-corrected chi connectivity index (χ2v) is 5.96. The molecule has 0 bridgehead atoms. The lowest BCUT2D eigenvalue weighted by molar-refractivity contribution is 0.473. The van der Waals surface area contributed by atoms with Crippen LogP contribution in [0.2, 0.25) is 0 Å². The van der Waals surface area contributed by atoms with Gasteiger partial charge in [-0.1, -0.05) is 6.07 Å². The lowest BCUT2D eigenvalue weighted by Gasteiger charge is -2.19. The van der Waals surface area contributed by atoms with Crippen LogP contribution in [0.5, 0.6) is 11.5 Å². The van der Waals surface area contributed by atoms with Crippen molar-refractivity contribution >= 4 is 15.7 Å². The van der Waals surface area contributed by atoms with Gasteiger partial charge in [-0.25, -0.2) is 8.42 Å². The maximum Gasteiger partial charge on any atom is 0.264 e. The van der Waals surface area contributed by atoms with E-state index in [0.29, 0.717) is 5.69 Å². The molecule has 19 heavy (non-hydrogen) atoms. The van der Waals surface area contributed by atoms with Gasteiger partial charge >= 0.3 is 0 Å². The number of aromatic hydroxyl groups is 2. The van der Waals surface area contributed by atoms with E-state index in [4.69, 9.17) is 0 Å². The molecular formula is C13H13NO4S. The highest BCUT2D eigenvalue weighted by Crippen LogP contribution is 2.25. The van der Waals surface area contributed by atoms with Crippen LogP contribution in [0.15, 0.2) is 53.4 Å². The zero-order chi connectivity index (χ0) is 14.0. The Morgan fingerprint density at radius 2 is 1.58 bits per heavy atom. The third kappa shape index (κ3) is 2.63. The summed E-state index contributed by atoms with van der Waals surface area (Å²) in [6, 6.07) is 11.3. The highest BCUT2D eigenvalue weighted by atomic mass is 32.2. The normalized spacial score (nSPS) is 11.2. The molecule has 6 heteroatoms. The Morgan fingerprint density at radius 3 is 2.16 bits per heavy atom. The summed E-state index contributed by atoms with van der Waals surface area (Å²) in [6.07, 6.45) is 0. The number of sulfonamides is 1. The van der Waals surface area contributed by atoms with Crippen LogP contribution in [0.4, 0.5) is 5.69 Å². The highest BCUT2D eigenvalue weighted by molar-refractivity contribution is 7.92. The number of phenols is 2. The summed E-state index contributed by atoms with van der Waals surface area (Å²) >= 11 is 0. The summed E-state index contributed by atoms with van der Waals surface area (Å²) in [5, 5.41) is 18.5. The zero-order valence-electron chi connectivity index (χ0n) is 10.2. The monoisotopic (exact) mass is 279 g/mol. The molecule has 2 N–H and O–H groups in total. The lowest BCUT2D eigenvalue weighted by Crippen LogP contribution is -2.26. The van der Waals surface area contributed by atoms with Crippen molar-refractivity contribution in [2.24, 2.45) is 0 Å². The van der Waals surface area contributed by atoms with Gasteiger partial charge in [0.1, 0.15) is 11.5 Å². The van der Waals surface area contributed by atoms with Gasteiger partial charge in [0.15, 0.2) is 0 Å². The fourth-order valence-corrected chi connectivity index (χ4v) is 2.84. The zero-order valence-corrected chi connectivity index (χ0v) is 11.0. The second-order valence-electron chi connectivity index (χ2n) is 3.99. The Morgan fingerprint density at radius 1 is 0.947 bits per heavy atom. The molecule has 0 saturated heterocycles. The highest BCUT2D eigenvalue weighted by Gasteiger charge is 2.21. The first-order chi connectivity index (χ1) is 8.91. The molecule has 2 aromatic carbocycles. The smallest absolute Gasteiger partial charge is 0.264 e. The van der Waals surface area contributed by atoms with Gasteiger partial charge in [0.25, 0.3) is 10.0 Å². The van der Waals surface area contributed by atoms with Gasteiger partial charge in [-0.15, -0.1) is 0 Å². The second kappa shape index (κ2) is 4.81. The lowest BCUT2D eigenvalue weighted by atomic mass is 10.3. The summed E-state index contributed by atoms with van der Waals surface area (Å²) in [6.45, 7) is 0. The number of phenolic OH excluding ortho intramolecular Hbond substituents is 2. The molecular weight excluding hydrogens is 266 g/mol. The quantitative estimate of drug-likeness (QED) is 0.899. The van der Waals surface area contributed by atoms with Crippen molar-refractivity contribution in [1.82, 2.24) is 0 Å². The first kappa shape index (κ1) is 13.2. The van der Waals surface area contributed by atoms with Gasteiger partial charge in [-0.2, -0.15) is 0 Å². The molecule has 2 aromatic rings. The van der Waals surface area contributed by atoms with Crippen molar-refractivity contribution in [2.45, 2.75) is 4.90 Å². The van der Waals surface area contributed by atoms with E-state index < -0.39 is 10.0 Å². The van der Waals surface area contributed by atoms with Crippen molar-refractivity contribution in [2.75, 3.05) is 11.4 Å². The predicted octanol–water partition coefficient (Wildman–Crippen LogP) is 1.92. The van der Waals surface area contributed by atoms with Crippen LogP contribution in [0.25, 0.3) is 0 Å². The van der Waals surface area contributed by atoms with E-state index in [2.05, 4.69) is 0 Å². The largest absolute Gasteiger partial charge is 0.508 e. The molecule has 0 atom stereocenters. The number of hydrogen-bond donors (Lipinski definition) is 2. The SMILES string of the molecule is CN(c1ccc(O)cc1)S(=O)(=O)c1cccc(O)c1. The summed E-state index contributed by atoms with van der Waals surface area (Å²) in [4.78, 5) is 0.00285. The van der Waals surface area contributed by atoms with Gasteiger partial charge in [0.05, 0.1) is 10.6 Å². The van der Waals surface area contributed by atoms with E-state index in [0.717, 1.165) is 4.31 Å². The van der Waals surface area contributed by atoms with Crippen LogP contribution >= 0.6 is 0 Å². The number of benzene rings is 2. The maximum atomic E-state index is 12.3. The molecule has 0 aliphatic rings. The molecule has 0 aliphatic heterocycles. The van der Waals surface area contributed by atoms with Gasteiger partial charge in [-0.3, -0.25) is 4.31 Å². The molecule has 0 aliphatic carbocycles. The van der Waals surface area contributed by atoms with Gasteiger partial charge in [0, 0.05) is 13.1 Å². The van der Waals surface area contributed by atoms with Crippen molar-refractivity contribution < 1.29 is 18.6 Å². The fourth-order valence-electron chi connectivity index (χ4n) is 1.60. The van der Waals surface area contributed by atoms with E-state index in [1.165, 1.54) is 55.6 Å². The number of rotatable bonds is 3. The molecule has 0 fully saturated rings. The third-order valence-corrected chi connectivity index (χ3v) is 4.47. The van der Waals surface area contributed by atoms with Crippen LogP contribution in [0.3, 0.4) is 0 Å². The summed E-state index contributed by atoms with van der Waals surface area (Å²) in [5.41, 5.74) is 0.418. The Labute approximate surface area is 111 Å². The van der Waals surface area contributed by atoms with Crippen molar-refractivity contribution in [3.63, 3.8) is 0 Å². The van der Waals surface area contributed by atoms with E-state index >= 15 is 0 Å². The molecule has 0 saturated carbocycles. The maximum absolute atomic E-state index is 12.3. The van der Waals surface area contributed by atoms with E-state index in [1.807, 2.05) is 0 Å². The standard InChI is InChI=1S/C13H13NO4S/c1-14(10-5-7-11(15)8-6-10)19(17,18)13-4-2-3-12(16)9-13/h2-9,15-16H,1H3. The molecule has 0 amide bonds. The first-order valence-electron chi connectivity index (χ1n) is 5.48. The van der Waals surface area contributed by atoms with E-state index in [1.54, 1.807) is 0 Å². The van der Waals surface area contributed by atoms with Crippen LogP contribution in [-0.2, 0) is 10.0 Å². The number of nitrogens with zero attached hydrogens (tertiary/aromatic N) is 1. The molecule has 2 rings (SSSR count). The summed E-state index contributed by atoms with van der Waals surface area (Å²) < 4.78 is 25.7. The Balaban J connectivity index is 2.42. The first-order valence-corrected chi connectivity index (χ1v) is 6.92. The van der Waals surface area contributed by atoms with E-state index in [-0.39, 0.29) is 16.4 Å². The molecule has 5 nitrogen and oxygen atoms in total. The average molecular weight is 279 g/mol. The van der Waals surface area contributed by atoms with Gasteiger partial charge in [-0.05, 0) is 36.4 Å². The molecule has 0 radical (unpaired) electrons.